The van der Waals surface area contributed by atoms with E-state index in [4.69, 9.17) is 9.47 Å². The van der Waals surface area contributed by atoms with Crippen molar-refractivity contribution in [3.05, 3.63) is 71.6 Å². The van der Waals surface area contributed by atoms with E-state index in [0.717, 1.165) is 17.1 Å². The fourth-order valence-corrected chi connectivity index (χ4v) is 3.89. The number of benzene rings is 2. The lowest BCUT2D eigenvalue weighted by atomic mass is 10.00. The lowest BCUT2D eigenvalue weighted by molar-refractivity contribution is -0.134. The van der Waals surface area contributed by atoms with Gasteiger partial charge in [-0.2, -0.15) is 0 Å². The minimum absolute atomic E-state index is 0.0662. The molecule has 3 heterocycles. The van der Waals surface area contributed by atoms with E-state index >= 15 is 0 Å². The number of hydrogen-bond acceptors (Lipinski definition) is 5. The molecular formula is C21H21N3O3. The van der Waals surface area contributed by atoms with Crippen LogP contribution < -0.4 is 14.9 Å². The zero-order valence-electron chi connectivity index (χ0n) is 15.1. The maximum Gasteiger partial charge on any atom is 0.251 e. The van der Waals surface area contributed by atoms with E-state index in [0.29, 0.717) is 13.0 Å². The lowest BCUT2D eigenvalue weighted by Crippen LogP contribution is -2.47. The van der Waals surface area contributed by atoms with Crippen molar-refractivity contribution in [1.29, 1.82) is 0 Å². The largest absolute Gasteiger partial charge is 0.454 e. The first kappa shape index (κ1) is 16.2. The van der Waals surface area contributed by atoms with Crippen molar-refractivity contribution in [2.24, 2.45) is 0 Å². The molecule has 0 bridgehead atoms. The zero-order chi connectivity index (χ0) is 18.4. The first-order valence-electron chi connectivity index (χ1n) is 9.16. The predicted octanol–water partition coefficient (Wildman–Crippen LogP) is 2.86. The Kier molecular flexibility index (Phi) is 3.79. The summed E-state index contributed by atoms with van der Waals surface area (Å²) in [6, 6.07) is 14.0. The lowest BCUT2D eigenvalue weighted by Gasteiger charge is -2.32. The van der Waals surface area contributed by atoms with E-state index in [1.807, 2.05) is 52.6 Å². The molecule has 138 valence electrons. The van der Waals surface area contributed by atoms with Crippen molar-refractivity contribution < 1.29 is 14.3 Å². The Hall–Kier alpha value is -2.99. The van der Waals surface area contributed by atoms with Crippen LogP contribution in [0.4, 0.5) is 0 Å². The second kappa shape index (κ2) is 6.32. The Morgan fingerprint density at radius 3 is 2.85 bits per heavy atom. The fourth-order valence-electron chi connectivity index (χ4n) is 3.89. The Bertz CT molecular complexity index is 927. The van der Waals surface area contributed by atoms with Gasteiger partial charge in [0.05, 0.1) is 12.6 Å². The highest BCUT2D eigenvalue weighted by Crippen LogP contribution is 2.37. The minimum atomic E-state index is -0.200. The van der Waals surface area contributed by atoms with Crippen LogP contribution in [0.15, 0.2) is 54.9 Å². The monoisotopic (exact) mass is 363 g/mol. The van der Waals surface area contributed by atoms with E-state index in [9.17, 15) is 4.79 Å². The first-order chi connectivity index (χ1) is 13.2. The van der Waals surface area contributed by atoms with E-state index in [-0.39, 0.29) is 24.8 Å². The molecule has 6 nitrogen and oxygen atoms in total. The van der Waals surface area contributed by atoms with Gasteiger partial charge in [-0.05, 0) is 42.2 Å². The van der Waals surface area contributed by atoms with Crippen molar-refractivity contribution in [2.45, 2.75) is 32.0 Å². The summed E-state index contributed by atoms with van der Waals surface area (Å²) >= 11 is 0. The molecule has 0 aromatic heterocycles. The summed E-state index contributed by atoms with van der Waals surface area (Å²) in [6.07, 6.45) is 4.53. The van der Waals surface area contributed by atoms with Crippen LogP contribution in [0.25, 0.3) is 0 Å². The van der Waals surface area contributed by atoms with Gasteiger partial charge in [-0.15, -0.1) is 0 Å². The average molecular weight is 363 g/mol. The number of aryl methyl sites for hydroxylation is 1. The number of carbonyl (C=O) groups excluding carboxylic acids is 1. The molecule has 1 amide bonds. The normalized spacial score (nSPS) is 23.1. The number of nitrogens with zero attached hydrogens (tertiary/aromatic N) is 2. The van der Waals surface area contributed by atoms with Crippen molar-refractivity contribution in [3.63, 3.8) is 0 Å². The molecule has 2 aromatic rings. The van der Waals surface area contributed by atoms with Crippen molar-refractivity contribution in [3.8, 4) is 11.5 Å². The van der Waals surface area contributed by atoms with Gasteiger partial charge >= 0.3 is 0 Å². The molecule has 3 aliphatic heterocycles. The van der Waals surface area contributed by atoms with Crippen molar-refractivity contribution >= 4 is 5.91 Å². The molecular weight excluding hydrogens is 342 g/mol. The molecule has 6 heteroatoms. The molecule has 0 spiro atoms. The van der Waals surface area contributed by atoms with E-state index in [2.05, 4.69) is 24.5 Å². The van der Waals surface area contributed by atoms with Gasteiger partial charge in [0.1, 0.15) is 6.04 Å². The number of amides is 1. The van der Waals surface area contributed by atoms with Crippen LogP contribution in [0.1, 0.15) is 29.2 Å². The van der Waals surface area contributed by atoms with E-state index < -0.39 is 0 Å². The Labute approximate surface area is 157 Å². The summed E-state index contributed by atoms with van der Waals surface area (Å²) in [5, 5.41) is 1.92. The van der Waals surface area contributed by atoms with Crippen molar-refractivity contribution in [1.82, 2.24) is 15.3 Å². The van der Waals surface area contributed by atoms with Gasteiger partial charge in [0.2, 0.25) is 6.79 Å². The summed E-state index contributed by atoms with van der Waals surface area (Å²) in [5.41, 5.74) is 6.89. The smallest absolute Gasteiger partial charge is 0.251 e. The molecule has 2 aromatic carbocycles. The molecule has 27 heavy (non-hydrogen) atoms. The second-order valence-electron chi connectivity index (χ2n) is 7.14. The number of carbonyl (C=O) groups is 1. The van der Waals surface area contributed by atoms with Gasteiger partial charge in [-0.1, -0.05) is 30.3 Å². The maximum atomic E-state index is 13.0. The quantitative estimate of drug-likeness (QED) is 0.909. The number of fused-ring (bicyclic) bond motifs is 2. The van der Waals surface area contributed by atoms with Gasteiger partial charge in [-0.25, -0.2) is 5.43 Å². The zero-order valence-corrected chi connectivity index (χ0v) is 15.1. The third-order valence-corrected chi connectivity index (χ3v) is 5.48. The third kappa shape index (κ3) is 2.82. The molecule has 3 aliphatic rings. The van der Waals surface area contributed by atoms with Crippen molar-refractivity contribution in [2.75, 3.05) is 6.79 Å². The number of nitrogens with one attached hydrogen (secondary N) is 1. The van der Waals surface area contributed by atoms with Crippen LogP contribution in [0.3, 0.4) is 0 Å². The Balaban J connectivity index is 1.33. The van der Waals surface area contributed by atoms with Crippen LogP contribution in [0.2, 0.25) is 0 Å². The summed E-state index contributed by atoms with van der Waals surface area (Å²) in [7, 11) is 0. The molecule has 0 aliphatic carbocycles. The van der Waals surface area contributed by atoms with Crippen LogP contribution in [0, 0.1) is 6.92 Å². The van der Waals surface area contributed by atoms with Gasteiger partial charge in [0, 0.05) is 12.4 Å². The average Bonchev–Trinajstić information content (AvgIpc) is 3.32. The molecule has 2 atom stereocenters. The summed E-state index contributed by atoms with van der Waals surface area (Å²) < 4.78 is 10.9. The number of hydrazine groups is 1. The Morgan fingerprint density at radius 2 is 1.96 bits per heavy atom. The minimum Gasteiger partial charge on any atom is -0.454 e. The van der Waals surface area contributed by atoms with Crippen LogP contribution in [-0.4, -0.2) is 28.7 Å². The van der Waals surface area contributed by atoms with Gasteiger partial charge in [-0.3, -0.25) is 4.79 Å². The van der Waals surface area contributed by atoms with Gasteiger partial charge in [0.25, 0.3) is 5.91 Å². The first-order valence-corrected chi connectivity index (χ1v) is 9.16. The van der Waals surface area contributed by atoms with E-state index in [1.54, 1.807) is 0 Å². The summed E-state index contributed by atoms with van der Waals surface area (Å²) in [5.74, 6) is 1.66. The maximum absolute atomic E-state index is 13.0. The molecule has 2 unspecified atom stereocenters. The molecule has 1 N–H and O–H groups in total. The highest BCUT2D eigenvalue weighted by Gasteiger charge is 2.40. The van der Waals surface area contributed by atoms with Gasteiger partial charge < -0.3 is 19.4 Å². The molecule has 0 radical (unpaired) electrons. The molecule has 1 fully saturated rings. The molecule has 0 saturated carbocycles. The molecule has 5 rings (SSSR count). The number of rotatable bonds is 3. The van der Waals surface area contributed by atoms with Crippen LogP contribution in [-0.2, 0) is 11.3 Å². The topological polar surface area (TPSA) is 54.0 Å². The predicted molar refractivity (Wildman–Crippen MR) is 99.6 cm³/mol. The Morgan fingerprint density at radius 1 is 1.11 bits per heavy atom. The number of hydrogen-bond donors (Lipinski definition) is 1. The molecule has 1 saturated heterocycles. The number of ether oxygens (including phenoxy) is 2. The fraction of sp³-hybridized carbons (Fsp3) is 0.286. The van der Waals surface area contributed by atoms with Crippen LogP contribution in [0.5, 0.6) is 11.5 Å². The van der Waals surface area contributed by atoms with Gasteiger partial charge in [0.15, 0.2) is 11.5 Å². The van der Waals surface area contributed by atoms with E-state index in [1.165, 1.54) is 11.1 Å². The summed E-state index contributed by atoms with van der Waals surface area (Å²) in [4.78, 5) is 14.8. The standard InChI is InChI=1S/C21H21N3O3/c1-14-4-2-3-5-16(14)12-23-8-9-24-18(21(23)25)11-17(22-24)15-6-7-19-20(10-15)27-13-26-19/h2-10,17-18,22H,11-13H2,1H3. The highest BCUT2D eigenvalue weighted by molar-refractivity contribution is 5.84. The SMILES string of the molecule is Cc1ccccc1CN1C=CN2NC(c3ccc4c(c3)OCO4)CC2C1=O. The van der Waals surface area contributed by atoms with Crippen LogP contribution >= 0.6 is 0 Å². The second-order valence-corrected chi connectivity index (χ2v) is 7.14. The third-order valence-electron chi connectivity index (χ3n) is 5.48. The summed E-state index contributed by atoms with van der Waals surface area (Å²) in [6.45, 7) is 2.94. The highest BCUT2D eigenvalue weighted by atomic mass is 16.7.